The summed E-state index contributed by atoms with van der Waals surface area (Å²) in [5.41, 5.74) is 0.593. The van der Waals surface area contributed by atoms with Gasteiger partial charge in [-0.2, -0.15) is 0 Å². The van der Waals surface area contributed by atoms with Gasteiger partial charge >= 0.3 is 0 Å². The van der Waals surface area contributed by atoms with Crippen LogP contribution in [0.1, 0.15) is 17.3 Å². The van der Waals surface area contributed by atoms with Crippen LogP contribution in [0.15, 0.2) is 23.1 Å². The Morgan fingerprint density at radius 1 is 1.21 bits per heavy atom. The van der Waals surface area contributed by atoms with E-state index in [9.17, 15) is 14.0 Å². The molecule has 1 N–H and O–H groups in total. The molecule has 0 saturated carbocycles. The van der Waals surface area contributed by atoms with Crippen molar-refractivity contribution in [1.29, 1.82) is 0 Å². The number of ether oxygens (including phenoxy) is 1. The van der Waals surface area contributed by atoms with Gasteiger partial charge in [0.15, 0.2) is 0 Å². The molecule has 2 aromatic rings. The van der Waals surface area contributed by atoms with Gasteiger partial charge < -0.3 is 24.4 Å². The van der Waals surface area contributed by atoms with Gasteiger partial charge in [0, 0.05) is 50.3 Å². The van der Waals surface area contributed by atoms with Crippen molar-refractivity contribution < 1.29 is 13.9 Å². The van der Waals surface area contributed by atoms with Crippen LogP contribution in [0.5, 0.6) is 0 Å². The molecule has 28 heavy (non-hydrogen) atoms. The van der Waals surface area contributed by atoms with Crippen LogP contribution in [0, 0.1) is 5.82 Å². The molecule has 2 saturated heterocycles. The molecule has 150 valence electrons. The number of nitrogens with zero attached hydrogens (tertiary/aromatic N) is 3. The average molecular weight is 388 g/mol. The number of carbonyl (C=O) groups is 1. The lowest BCUT2D eigenvalue weighted by molar-refractivity contribution is 0.0571. The maximum absolute atomic E-state index is 14.7. The van der Waals surface area contributed by atoms with Gasteiger partial charge in [0.1, 0.15) is 11.4 Å². The predicted molar refractivity (Wildman–Crippen MR) is 106 cm³/mol. The first-order valence-corrected chi connectivity index (χ1v) is 9.63. The number of fused-ring (bicyclic) bond motifs is 1. The first-order chi connectivity index (χ1) is 13.5. The lowest BCUT2D eigenvalue weighted by atomic mass is 10.1. The van der Waals surface area contributed by atoms with Crippen molar-refractivity contribution in [3.8, 4) is 0 Å². The predicted octanol–water partition coefficient (Wildman–Crippen LogP) is 1.28. The third-order valence-electron chi connectivity index (χ3n) is 5.78. The molecule has 0 radical (unpaired) electrons. The molecular weight excluding hydrogens is 363 g/mol. The Morgan fingerprint density at radius 2 is 1.96 bits per heavy atom. The van der Waals surface area contributed by atoms with Crippen LogP contribution in [0.2, 0.25) is 0 Å². The highest BCUT2D eigenvalue weighted by Crippen LogP contribution is 2.25. The van der Waals surface area contributed by atoms with Crippen LogP contribution in [-0.4, -0.2) is 79.7 Å². The number of morpholine rings is 1. The van der Waals surface area contributed by atoms with Crippen molar-refractivity contribution in [1.82, 2.24) is 14.8 Å². The Kier molecular flexibility index (Phi) is 5.07. The van der Waals surface area contributed by atoms with Crippen molar-refractivity contribution in [3.63, 3.8) is 0 Å². The van der Waals surface area contributed by atoms with E-state index in [0.29, 0.717) is 50.6 Å². The minimum Gasteiger partial charge on any atom is -0.378 e. The van der Waals surface area contributed by atoms with Gasteiger partial charge in [-0.05, 0) is 26.1 Å². The summed E-state index contributed by atoms with van der Waals surface area (Å²) in [5.74, 6) is -0.765. The first kappa shape index (κ1) is 18.9. The van der Waals surface area contributed by atoms with E-state index in [1.807, 2.05) is 18.9 Å². The van der Waals surface area contributed by atoms with Crippen LogP contribution < -0.4 is 10.3 Å². The Hall–Kier alpha value is -2.45. The number of hydrogen-bond acceptors (Lipinski definition) is 5. The monoisotopic (exact) mass is 388 g/mol. The van der Waals surface area contributed by atoms with Crippen molar-refractivity contribution in [2.75, 3.05) is 57.9 Å². The van der Waals surface area contributed by atoms with E-state index in [-0.39, 0.29) is 22.9 Å². The fourth-order valence-corrected chi connectivity index (χ4v) is 3.84. The number of anilines is 1. The second-order valence-electron chi connectivity index (χ2n) is 7.56. The van der Waals surface area contributed by atoms with E-state index in [0.717, 1.165) is 6.54 Å². The van der Waals surface area contributed by atoms with Crippen LogP contribution in [0.25, 0.3) is 10.9 Å². The number of carbonyl (C=O) groups excluding carboxylic acids is 1. The highest BCUT2D eigenvalue weighted by molar-refractivity contribution is 5.97. The van der Waals surface area contributed by atoms with Gasteiger partial charge in [-0.3, -0.25) is 9.59 Å². The normalized spacial score (nSPS) is 21.3. The minimum atomic E-state index is -0.460. The molecule has 1 aromatic heterocycles. The highest BCUT2D eigenvalue weighted by Gasteiger charge is 2.27. The number of aromatic nitrogens is 1. The molecule has 7 nitrogen and oxygen atoms in total. The Balaban J connectivity index is 1.67. The zero-order valence-corrected chi connectivity index (χ0v) is 16.2. The molecule has 3 heterocycles. The molecule has 8 heteroatoms. The maximum Gasteiger partial charge on any atom is 0.259 e. The fourth-order valence-electron chi connectivity index (χ4n) is 3.84. The number of amides is 1. The molecule has 2 aliphatic heterocycles. The molecule has 1 amide bonds. The fraction of sp³-hybridized carbons (Fsp3) is 0.500. The number of hydrogen-bond donors (Lipinski definition) is 1. The van der Waals surface area contributed by atoms with E-state index < -0.39 is 11.2 Å². The number of halogens is 1. The lowest BCUT2D eigenvalue weighted by Gasteiger charge is -2.37. The third kappa shape index (κ3) is 3.38. The molecule has 0 aliphatic carbocycles. The van der Waals surface area contributed by atoms with Crippen LogP contribution in [-0.2, 0) is 4.74 Å². The molecule has 0 unspecified atom stereocenters. The van der Waals surface area contributed by atoms with Crippen molar-refractivity contribution in [2.24, 2.45) is 0 Å². The number of aromatic amines is 1. The van der Waals surface area contributed by atoms with E-state index in [1.165, 1.54) is 12.3 Å². The summed E-state index contributed by atoms with van der Waals surface area (Å²) in [6, 6.07) is 3.11. The zero-order chi connectivity index (χ0) is 19.8. The summed E-state index contributed by atoms with van der Waals surface area (Å²) in [5, 5.41) is 0.197. The van der Waals surface area contributed by atoms with Gasteiger partial charge in [-0.15, -0.1) is 0 Å². The number of benzene rings is 1. The standard InChI is InChI=1S/C20H25FN4O3/c1-13-12-25(4-3-23(13)2)20(27)15-11-22-17-10-18(24-5-7-28-8-6-24)16(21)9-14(17)19(15)26/h9-11,13H,3-8,12H2,1-2H3,(H,22,26)/t13-/m0/s1. The van der Waals surface area contributed by atoms with Gasteiger partial charge in [0.2, 0.25) is 5.43 Å². The van der Waals surface area contributed by atoms with Gasteiger partial charge in [-0.1, -0.05) is 0 Å². The van der Waals surface area contributed by atoms with E-state index in [4.69, 9.17) is 4.74 Å². The van der Waals surface area contributed by atoms with Gasteiger partial charge in [0.05, 0.1) is 24.4 Å². The Labute approximate surface area is 162 Å². The number of likely N-dealkylation sites (N-methyl/N-ethyl adjacent to an activating group) is 1. The molecule has 1 atom stereocenters. The molecule has 2 fully saturated rings. The van der Waals surface area contributed by atoms with Gasteiger partial charge in [0.25, 0.3) is 5.91 Å². The quantitative estimate of drug-likeness (QED) is 0.840. The Morgan fingerprint density at radius 3 is 2.68 bits per heavy atom. The van der Waals surface area contributed by atoms with E-state index in [1.54, 1.807) is 11.0 Å². The summed E-state index contributed by atoms with van der Waals surface area (Å²) in [6.45, 7) is 6.24. The third-order valence-corrected chi connectivity index (χ3v) is 5.78. The maximum atomic E-state index is 14.7. The molecule has 0 spiro atoms. The molecule has 4 rings (SSSR count). The molecule has 2 aliphatic rings. The summed E-state index contributed by atoms with van der Waals surface area (Å²) >= 11 is 0. The van der Waals surface area contributed by atoms with Gasteiger partial charge in [-0.25, -0.2) is 4.39 Å². The summed E-state index contributed by atoms with van der Waals surface area (Å²) < 4.78 is 20.0. The highest BCUT2D eigenvalue weighted by atomic mass is 19.1. The number of pyridine rings is 1. The molecule has 0 bridgehead atoms. The molecule has 1 aromatic carbocycles. The summed E-state index contributed by atoms with van der Waals surface area (Å²) in [7, 11) is 2.02. The summed E-state index contributed by atoms with van der Waals surface area (Å²) in [6.07, 6.45) is 1.46. The lowest BCUT2D eigenvalue weighted by Crippen LogP contribution is -2.52. The topological polar surface area (TPSA) is 68.9 Å². The van der Waals surface area contributed by atoms with Crippen molar-refractivity contribution in [3.05, 3.63) is 39.9 Å². The molecular formula is C20H25FN4O3. The van der Waals surface area contributed by atoms with Crippen LogP contribution >= 0.6 is 0 Å². The van der Waals surface area contributed by atoms with Crippen LogP contribution in [0.4, 0.5) is 10.1 Å². The second-order valence-corrected chi connectivity index (χ2v) is 7.56. The second kappa shape index (κ2) is 7.52. The number of piperazine rings is 1. The van der Waals surface area contributed by atoms with E-state index >= 15 is 0 Å². The smallest absolute Gasteiger partial charge is 0.259 e. The van der Waals surface area contributed by atoms with E-state index in [2.05, 4.69) is 9.88 Å². The largest absolute Gasteiger partial charge is 0.378 e. The SMILES string of the molecule is C[C@H]1CN(C(=O)c2c[nH]c3cc(N4CCOCC4)c(F)cc3c2=O)CCN1C. The van der Waals surface area contributed by atoms with Crippen LogP contribution in [0.3, 0.4) is 0 Å². The number of H-pyrrole nitrogens is 1. The van der Waals surface area contributed by atoms with Crippen molar-refractivity contribution >= 4 is 22.5 Å². The number of nitrogens with one attached hydrogen (secondary N) is 1. The van der Waals surface area contributed by atoms with Crippen molar-refractivity contribution in [2.45, 2.75) is 13.0 Å². The Bertz CT molecular complexity index is 954. The minimum absolute atomic E-state index is 0.0581. The number of rotatable bonds is 2. The summed E-state index contributed by atoms with van der Waals surface area (Å²) in [4.78, 5) is 34.6. The first-order valence-electron chi connectivity index (χ1n) is 9.63. The zero-order valence-electron chi connectivity index (χ0n) is 16.2. The average Bonchev–Trinajstić information content (AvgIpc) is 2.70.